The van der Waals surface area contributed by atoms with Crippen molar-refractivity contribution >= 4 is 27.3 Å². The molecule has 0 aliphatic heterocycles. The first kappa shape index (κ1) is 22.5. The summed E-state index contributed by atoms with van der Waals surface area (Å²) in [6, 6.07) is 5.92. The topological polar surface area (TPSA) is 96.4 Å². The number of nitrogens with one attached hydrogen (secondary N) is 1. The van der Waals surface area contributed by atoms with Gasteiger partial charge in [-0.3, -0.25) is 4.79 Å². The van der Waals surface area contributed by atoms with E-state index in [9.17, 15) is 18.3 Å². The highest BCUT2D eigenvalue weighted by Crippen LogP contribution is 2.29. The highest BCUT2D eigenvalue weighted by atomic mass is 32.2. The minimum Gasteiger partial charge on any atom is -0.385 e. The van der Waals surface area contributed by atoms with E-state index in [1.807, 2.05) is 45.9 Å². The lowest BCUT2D eigenvalue weighted by atomic mass is 9.87. The normalized spacial score (nSPS) is 12.6. The van der Waals surface area contributed by atoms with Crippen LogP contribution in [0.1, 0.15) is 74.9 Å². The average Bonchev–Trinajstić information content (AvgIpc) is 3.05. The third-order valence-corrected chi connectivity index (χ3v) is 7.47. The molecule has 0 unspecified atom stereocenters. The van der Waals surface area contributed by atoms with Crippen molar-refractivity contribution in [1.29, 1.82) is 0 Å². The maximum Gasteiger partial charge on any atom is 0.291 e. The van der Waals surface area contributed by atoms with Gasteiger partial charge in [0.2, 0.25) is 10.2 Å². The summed E-state index contributed by atoms with van der Waals surface area (Å²) >= 11 is 0.847. The molecule has 154 valence electrons. The van der Waals surface area contributed by atoms with E-state index < -0.39 is 21.5 Å². The van der Waals surface area contributed by atoms with Gasteiger partial charge in [-0.1, -0.05) is 45.9 Å². The highest BCUT2D eigenvalue weighted by molar-refractivity contribution is 7.92. The number of hydrogen-bond donors (Lipinski definition) is 2. The van der Waals surface area contributed by atoms with E-state index in [2.05, 4.69) is 9.71 Å². The minimum atomic E-state index is -4.09. The number of hydrogen-bond acceptors (Lipinski definition) is 6. The lowest BCUT2D eigenvalue weighted by Crippen LogP contribution is -2.32. The molecule has 0 aliphatic carbocycles. The van der Waals surface area contributed by atoms with Crippen molar-refractivity contribution in [3.63, 3.8) is 0 Å². The molecule has 8 heteroatoms. The van der Waals surface area contributed by atoms with Crippen molar-refractivity contribution in [2.24, 2.45) is 0 Å². The molecule has 1 amide bonds. The van der Waals surface area contributed by atoms with Gasteiger partial charge < -0.3 is 5.11 Å². The van der Waals surface area contributed by atoms with Crippen LogP contribution in [0.5, 0.6) is 0 Å². The van der Waals surface area contributed by atoms with Gasteiger partial charge in [-0.05, 0) is 42.4 Å². The number of benzene rings is 1. The van der Waals surface area contributed by atoms with Crippen molar-refractivity contribution in [3.05, 3.63) is 46.0 Å². The third-order valence-electron chi connectivity index (χ3n) is 4.40. The zero-order chi connectivity index (χ0) is 21.3. The largest absolute Gasteiger partial charge is 0.385 e. The molecule has 1 heterocycles. The van der Waals surface area contributed by atoms with Gasteiger partial charge in [0.25, 0.3) is 10.0 Å². The van der Waals surface area contributed by atoms with Gasteiger partial charge in [0.05, 0.1) is 16.9 Å². The molecule has 2 rings (SSSR count). The summed E-state index contributed by atoms with van der Waals surface area (Å²) < 4.78 is 27.0. The van der Waals surface area contributed by atoms with Crippen molar-refractivity contribution in [2.45, 2.75) is 69.7 Å². The van der Waals surface area contributed by atoms with Crippen molar-refractivity contribution in [1.82, 2.24) is 9.71 Å². The Morgan fingerprint density at radius 3 is 2.14 bits per heavy atom. The molecule has 0 aliphatic rings. The molecule has 0 saturated heterocycles. The highest BCUT2D eigenvalue weighted by Gasteiger charge is 2.27. The van der Waals surface area contributed by atoms with E-state index in [-0.39, 0.29) is 22.6 Å². The Morgan fingerprint density at radius 2 is 1.71 bits per heavy atom. The lowest BCUT2D eigenvalue weighted by Gasteiger charge is -2.19. The standard InChI is InChI=1S/C20H28N2O4S2/c1-12(2)14-8-7-9-15(13(3)4)16(14)10-18(23)22-28(25,26)19-21-11-17(27-19)20(5,6)24/h7-9,11-13,24H,10H2,1-6H3,(H,22,23). The Kier molecular flexibility index (Phi) is 6.68. The fraction of sp³-hybridized carbons (Fsp3) is 0.500. The third kappa shape index (κ3) is 5.18. The lowest BCUT2D eigenvalue weighted by molar-refractivity contribution is -0.118. The van der Waals surface area contributed by atoms with E-state index in [0.717, 1.165) is 28.0 Å². The van der Waals surface area contributed by atoms with Crippen molar-refractivity contribution in [3.8, 4) is 0 Å². The van der Waals surface area contributed by atoms with Gasteiger partial charge in [0, 0.05) is 6.20 Å². The summed E-state index contributed by atoms with van der Waals surface area (Å²) in [6.07, 6.45) is 1.29. The fourth-order valence-electron chi connectivity index (χ4n) is 2.96. The smallest absolute Gasteiger partial charge is 0.291 e. The number of thiazole rings is 1. The number of nitrogens with zero attached hydrogens (tertiary/aromatic N) is 1. The summed E-state index contributed by atoms with van der Waals surface area (Å²) in [5.41, 5.74) is 1.75. The Labute approximate surface area is 171 Å². The van der Waals surface area contributed by atoms with Crippen LogP contribution < -0.4 is 4.72 Å². The Hall–Kier alpha value is -1.77. The molecule has 0 saturated carbocycles. The van der Waals surface area contributed by atoms with E-state index in [1.165, 1.54) is 6.20 Å². The molecule has 0 spiro atoms. The Bertz CT molecular complexity index is 929. The van der Waals surface area contributed by atoms with Gasteiger partial charge in [-0.15, -0.1) is 11.3 Å². The second-order valence-electron chi connectivity index (χ2n) is 7.98. The number of rotatable bonds is 7. The molecule has 6 nitrogen and oxygen atoms in total. The SMILES string of the molecule is CC(C)c1cccc(C(C)C)c1CC(=O)NS(=O)(=O)c1ncc(C(C)(C)O)s1. The van der Waals surface area contributed by atoms with Crippen LogP contribution in [-0.2, 0) is 26.8 Å². The maximum atomic E-state index is 12.6. The van der Waals surface area contributed by atoms with E-state index in [1.54, 1.807) is 13.8 Å². The molecule has 0 radical (unpaired) electrons. The predicted octanol–water partition coefficient (Wildman–Crippen LogP) is 3.66. The van der Waals surface area contributed by atoms with Crippen LogP contribution in [0.25, 0.3) is 0 Å². The maximum absolute atomic E-state index is 12.6. The molecule has 0 bridgehead atoms. The van der Waals surface area contributed by atoms with Crippen LogP contribution in [0.3, 0.4) is 0 Å². The molecule has 1 aromatic carbocycles. The summed E-state index contributed by atoms with van der Waals surface area (Å²) in [7, 11) is -4.09. The van der Waals surface area contributed by atoms with Crippen LogP contribution in [0.4, 0.5) is 0 Å². The first-order valence-corrected chi connectivity index (χ1v) is 11.5. The quantitative estimate of drug-likeness (QED) is 0.707. The summed E-state index contributed by atoms with van der Waals surface area (Å²) in [5, 5.41) is 10.00. The number of amides is 1. The average molecular weight is 425 g/mol. The van der Waals surface area contributed by atoms with E-state index in [4.69, 9.17) is 0 Å². The zero-order valence-corrected chi connectivity index (χ0v) is 18.7. The van der Waals surface area contributed by atoms with Gasteiger partial charge >= 0.3 is 0 Å². The van der Waals surface area contributed by atoms with Crippen LogP contribution in [0.15, 0.2) is 28.7 Å². The Balaban J connectivity index is 2.28. The Morgan fingerprint density at radius 1 is 1.18 bits per heavy atom. The predicted molar refractivity (Wildman–Crippen MR) is 111 cm³/mol. The fourth-order valence-corrected chi connectivity index (χ4v) is 5.10. The summed E-state index contributed by atoms with van der Waals surface area (Å²) in [5.74, 6) is -0.173. The number of carbonyl (C=O) groups is 1. The molecule has 28 heavy (non-hydrogen) atoms. The monoisotopic (exact) mass is 424 g/mol. The molecule has 0 fully saturated rings. The number of aliphatic hydroxyl groups is 1. The van der Waals surface area contributed by atoms with Gasteiger partial charge in [0.15, 0.2) is 0 Å². The first-order valence-electron chi connectivity index (χ1n) is 9.19. The second-order valence-corrected chi connectivity index (χ2v) is 10.9. The summed E-state index contributed by atoms with van der Waals surface area (Å²) in [4.78, 5) is 16.9. The van der Waals surface area contributed by atoms with Crippen molar-refractivity contribution < 1.29 is 18.3 Å². The molecule has 2 aromatic rings. The first-order chi connectivity index (χ1) is 12.8. The molecular formula is C20H28N2O4S2. The van der Waals surface area contributed by atoms with Crippen LogP contribution in [-0.4, -0.2) is 24.4 Å². The summed E-state index contributed by atoms with van der Waals surface area (Å²) in [6.45, 7) is 11.3. The van der Waals surface area contributed by atoms with Crippen molar-refractivity contribution in [2.75, 3.05) is 0 Å². The molecule has 2 N–H and O–H groups in total. The number of aromatic nitrogens is 1. The van der Waals surface area contributed by atoms with E-state index in [0.29, 0.717) is 4.88 Å². The molecular weight excluding hydrogens is 396 g/mol. The number of carbonyl (C=O) groups excluding carboxylic acids is 1. The second kappa shape index (κ2) is 8.31. The van der Waals surface area contributed by atoms with Crippen LogP contribution >= 0.6 is 11.3 Å². The van der Waals surface area contributed by atoms with Crippen LogP contribution in [0.2, 0.25) is 0 Å². The van der Waals surface area contributed by atoms with Gasteiger partial charge in [0.1, 0.15) is 0 Å². The molecule has 1 aromatic heterocycles. The van der Waals surface area contributed by atoms with Gasteiger partial charge in [-0.2, -0.15) is 8.42 Å². The minimum absolute atomic E-state index is 0.0230. The van der Waals surface area contributed by atoms with Gasteiger partial charge in [-0.25, -0.2) is 9.71 Å². The van der Waals surface area contributed by atoms with Crippen LogP contribution in [0, 0.1) is 0 Å². The molecule has 0 atom stereocenters. The van der Waals surface area contributed by atoms with E-state index >= 15 is 0 Å². The zero-order valence-electron chi connectivity index (χ0n) is 17.1. The number of sulfonamides is 1.